The molecule has 7 atom stereocenters. The topological polar surface area (TPSA) is 175 Å². The molecule has 0 aliphatic carbocycles. The molecular formula is C74H141NO10. The molecule has 0 aromatic rings. The second-order valence-corrected chi connectivity index (χ2v) is 26.0. The number of nitrogens with one attached hydrogen (secondary N) is 1. The highest BCUT2D eigenvalue weighted by Crippen LogP contribution is 2.24. The zero-order valence-electron chi connectivity index (χ0n) is 55.8. The van der Waals surface area contributed by atoms with Gasteiger partial charge in [-0.2, -0.15) is 0 Å². The molecule has 0 radical (unpaired) electrons. The van der Waals surface area contributed by atoms with Crippen molar-refractivity contribution in [3.63, 3.8) is 0 Å². The number of carbonyl (C=O) groups is 2. The van der Waals surface area contributed by atoms with Gasteiger partial charge in [0, 0.05) is 12.8 Å². The minimum absolute atomic E-state index is 0.0101. The quantitative estimate of drug-likeness (QED) is 0.0195. The molecule has 0 bridgehead atoms. The van der Waals surface area contributed by atoms with Gasteiger partial charge in [0.1, 0.15) is 24.4 Å². The van der Waals surface area contributed by atoms with E-state index in [0.717, 1.165) is 51.4 Å². The highest BCUT2D eigenvalue weighted by molar-refractivity contribution is 5.76. The van der Waals surface area contributed by atoms with Crippen molar-refractivity contribution in [2.75, 3.05) is 19.8 Å². The molecule has 0 aromatic heterocycles. The van der Waals surface area contributed by atoms with Crippen LogP contribution in [0.4, 0.5) is 0 Å². The van der Waals surface area contributed by atoms with Crippen molar-refractivity contribution in [2.24, 2.45) is 0 Å². The Morgan fingerprint density at radius 1 is 0.424 bits per heavy atom. The van der Waals surface area contributed by atoms with Crippen LogP contribution >= 0.6 is 0 Å². The summed E-state index contributed by atoms with van der Waals surface area (Å²) in [5.74, 6) is -0.166. The van der Waals surface area contributed by atoms with Gasteiger partial charge in [-0.1, -0.05) is 327 Å². The second kappa shape index (κ2) is 63.7. The Hall–Kier alpha value is -1.86. The smallest absolute Gasteiger partial charge is 0.305 e. The van der Waals surface area contributed by atoms with E-state index in [1.165, 1.54) is 295 Å². The van der Waals surface area contributed by atoms with Crippen molar-refractivity contribution < 1.29 is 49.3 Å². The van der Waals surface area contributed by atoms with Crippen LogP contribution in [0.2, 0.25) is 0 Å². The molecule has 7 unspecified atom stereocenters. The molecule has 502 valence electrons. The van der Waals surface area contributed by atoms with Crippen LogP contribution in [0.1, 0.15) is 373 Å². The number of unbranched alkanes of at least 4 members (excludes halogenated alkanes) is 50. The van der Waals surface area contributed by atoms with Crippen LogP contribution in [0.3, 0.4) is 0 Å². The predicted octanol–water partition coefficient (Wildman–Crippen LogP) is 19.2. The molecule has 1 aliphatic rings. The molecule has 1 fully saturated rings. The first-order chi connectivity index (χ1) is 41.7. The minimum Gasteiger partial charge on any atom is -0.466 e. The number of rotatable bonds is 66. The molecule has 85 heavy (non-hydrogen) atoms. The standard InChI is InChI=1S/C74H141NO10/c1-3-5-7-9-11-13-15-16-34-37-41-44-48-52-56-60-67(77)66(65-84-74-73(82)72(81)71(80)68(64-76)85-74)75-69(78)61-57-53-49-45-42-38-35-32-30-28-26-24-22-20-18-17-19-21-23-25-27-29-31-33-36-39-43-47-51-55-59-63-83-70(79)62-58-54-50-46-40-14-12-10-8-6-4-2/h19,21,56,60,66-68,71-74,76-77,80-82H,3-18,20,22-55,57-59,61-65H2,1-2H3,(H,75,78)/b21-19-,60-56+. The van der Waals surface area contributed by atoms with Crippen molar-refractivity contribution in [3.05, 3.63) is 24.3 Å². The SMILES string of the molecule is CCCCCCCCCCCCCCC/C=C/C(O)C(COC1OC(CO)C(O)C(O)C1O)NC(=O)CCCCCCCCCCCCCCCCC/C=C\CCCCCCCCCCCCCCOC(=O)CCCCCCCCCCCCC. The number of ether oxygens (including phenoxy) is 3. The summed E-state index contributed by atoms with van der Waals surface area (Å²) in [4.78, 5) is 25.1. The molecule has 0 spiro atoms. The Kier molecular flexibility index (Phi) is 60.8. The van der Waals surface area contributed by atoms with E-state index in [4.69, 9.17) is 14.2 Å². The number of aliphatic hydroxyl groups is 5. The number of carbonyl (C=O) groups excluding carboxylic acids is 2. The van der Waals surface area contributed by atoms with Gasteiger partial charge in [0.25, 0.3) is 0 Å². The lowest BCUT2D eigenvalue weighted by molar-refractivity contribution is -0.302. The first-order valence-electron chi connectivity index (χ1n) is 37.1. The van der Waals surface area contributed by atoms with Gasteiger partial charge >= 0.3 is 5.97 Å². The largest absolute Gasteiger partial charge is 0.466 e. The molecule has 6 N–H and O–H groups in total. The summed E-state index contributed by atoms with van der Waals surface area (Å²) >= 11 is 0. The van der Waals surface area contributed by atoms with E-state index in [2.05, 4.69) is 31.3 Å². The van der Waals surface area contributed by atoms with Crippen molar-refractivity contribution in [1.29, 1.82) is 0 Å². The predicted molar refractivity (Wildman–Crippen MR) is 357 cm³/mol. The summed E-state index contributed by atoms with van der Waals surface area (Å²) in [6.45, 7) is 4.39. The summed E-state index contributed by atoms with van der Waals surface area (Å²) in [6, 6.07) is -0.808. The first kappa shape index (κ1) is 81.2. The second-order valence-electron chi connectivity index (χ2n) is 26.0. The van der Waals surface area contributed by atoms with Gasteiger partial charge in [0.05, 0.1) is 32.0 Å². The molecule has 0 saturated carbocycles. The van der Waals surface area contributed by atoms with E-state index >= 15 is 0 Å². The number of hydrogen-bond acceptors (Lipinski definition) is 10. The number of hydrogen-bond donors (Lipinski definition) is 6. The molecule has 0 aromatic carbocycles. The van der Waals surface area contributed by atoms with E-state index in [0.29, 0.717) is 19.4 Å². The molecular weight excluding hydrogens is 1060 g/mol. The maximum Gasteiger partial charge on any atom is 0.305 e. The van der Waals surface area contributed by atoms with Gasteiger partial charge < -0.3 is 45.1 Å². The minimum atomic E-state index is -1.57. The number of aliphatic hydroxyl groups excluding tert-OH is 5. The van der Waals surface area contributed by atoms with Gasteiger partial charge in [-0.15, -0.1) is 0 Å². The molecule has 1 rings (SSSR count). The van der Waals surface area contributed by atoms with Crippen molar-refractivity contribution in [2.45, 2.75) is 416 Å². The Balaban J connectivity index is 1.98. The maximum absolute atomic E-state index is 13.1. The van der Waals surface area contributed by atoms with Gasteiger partial charge in [-0.25, -0.2) is 0 Å². The molecule has 1 heterocycles. The molecule has 11 nitrogen and oxygen atoms in total. The fourth-order valence-electron chi connectivity index (χ4n) is 12.0. The number of amides is 1. The molecule has 1 saturated heterocycles. The lowest BCUT2D eigenvalue weighted by Crippen LogP contribution is -2.60. The fraction of sp³-hybridized carbons (Fsp3) is 0.919. The summed E-state index contributed by atoms with van der Waals surface area (Å²) in [5.41, 5.74) is 0. The lowest BCUT2D eigenvalue weighted by Gasteiger charge is -2.40. The zero-order valence-corrected chi connectivity index (χ0v) is 55.8. The van der Waals surface area contributed by atoms with Crippen molar-refractivity contribution >= 4 is 11.9 Å². The van der Waals surface area contributed by atoms with E-state index in [1.54, 1.807) is 6.08 Å². The molecule has 1 amide bonds. The van der Waals surface area contributed by atoms with Crippen LogP contribution in [0.25, 0.3) is 0 Å². The summed E-state index contributed by atoms with van der Waals surface area (Å²) in [5, 5.41) is 54.6. The van der Waals surface area contributed by atoms with Gasteiger partial charge in [0.15, 0.2) is 6.29 Å². The fourth-order valence-corrected chi connectivity index (χ4v) is 12.0. The van der Waals surface area contributed by atoms with Gasteiger partial charge in [0.2, 0.25) is 5.91 Å². The lowest BCUT2D eigenvalue weighted by atomic mass is 9.99. The summed E-state index contributed by atoms with van der Waals surface area (Å²) in [7, 11) is 0. The van der Waals surface area contributed by atoms with E-state index in [-0.39, 0.29) is 18.5 Å². The monoisotopic (exact) mass is 1200 g/mol. The van der Waals surface area contributed by atoms with Crippen LogP contribution in [0, 0.1) is 0 Å². The average molecular weight is 1200 g/mol. The highest BCUT2D eigenvalue weighted by atomic mass is 16.7. The van der Waals surface area contributed by atoms with Crippen LogP contribution < -0.4 is 5.32 Å². The third-order valence-electron chi connectivity index (χ3n) is 17.8. The average Bonchev–Trinajstić information content (AvgIpc) is 3.40. The zero-order chi connectivity index (χ0) is 61.6. The summed E-state index contributed by atoms with van der Waals surface area (Å²) in [6.07, 6.45) is 70.3. The third kappa shape index (κ3) is 52.6. The molecule has 1 aliphatic heterocycles. The Bertz CT molecular complexity index is 1460. The Morgan fingerprint density at radius 3 is 1.13 bits per heavy atom. The normalized spacial score (nSPS) is 18.0. The van der Waals surface area contributed by atoms with Crippen molar-refractivity contribution in [3.8, 4) is 0 Å². The van der Waals surface area contributed by atoms with Crippen LogP contribution in [-0.4, -0.2) is 100 Å². The van der Waals surface area contributed by atoms with Crippen LogP contribution in [0.15, 0.2) is 24.3 Å². The van der Waals surface area contributed by atoms with Gasteiger partial charge in [-0.05, 0) is 57.8 Å². The third-order valence-corrected chi connectivity index (χ3v) is 17.8. The Labute approximate surface area is 524 Å². The Morgan fingerprint density at radius 2 is 0.753 bits per heavy atom. The number of allylic oxidation sites excluding steroid dienone is 3. The summed E-state index contributed by atoms with van der Waals surface area (Å²) < 4.78 is 16.8. The maximum atomic E-state index is 13.1. The van der Waals surface area contributed by atoms with E-state index in [9.17, 15) is 35.1 Å². The highest BCUT2D eigenvalue weighted by Gasteiger charge is 2.44. The molecule has 11 heteroatoms. The van der Waals surface area contributed by atoms with E-state index < -0.39 is 49.5 Å². The van der Waals surface area contributed by atoms with E-state index in [1.807, 2.05) is 6.08 Å². The first-order valence-corrected chi connectivity index (χ1v) is 37.1. The number of esters is 1. The van der Waals surface area contributed by atoms with Gasteiger partial charge in [-0.3, -0.25) is 9.59 Å². The van der Waals surface area contributed by atoms with Crippen LogP contribution in [0.5, 0.6) is 0 Å². The van der Waals surface area contributed by atoms with Crippen molar-refractivity contribution in [1.82, 2.24) is 5.32 Å². The van der Waals surface area contributed by atoms with Crippen LogP contribution in [-0.2, 0) is 23.8 Å².